The maximum Gasteiger partial charge on any atom is 0.234 e. The number of carbonyl (C=O) groups excluding carboxylic acids is 1. The Morgan fingerprint density at radius 2 is 1.83 bits per heavy atom. The van der Waals surface area contributed by atoms with Crippen LogP contribution in [0.1, 0.15) is 24.2 Å². The van der Waals surface area contributed by atoms with E-state index in [4.69, 9.17) is 0 Å². The normalized spacial score (nSPS) is 14.2. The van der Waals surface area contributed by atoms with Crippen LogP contribution < -0.4 is 5.32 Å². The van der Waals surface area contributed by atoms with Gasteiger partial charge in [0.05, 0.1) is 18.8 Å². The number of hydrogen-bond acceptors (Lipinski definition) is 5. The second-order valence-corrected chi connectivity index (χ2v) is 8.24. The molecule has 6 nitrogen and oxygen atoms in total. The molecule has 1 aromatic heterocycles. The number of rotatable bonds is 8. The van der Waals surface area contributed by atoms with E-state index in [1.54, 1.807) is 12.1 Å². The van der Waals surface area contributed by atoms with Crippen LogP contribution in [0.15, 0.2) is 59.8 Å². The lowest BCUT2D eigenvalue weighted by Gasteiger charge is -2.16. The van der Waals surface area contributed by atoms with E-state index in [2.05, 4.69) is 37.1 Å². The fourth-order valence-electron chi connectivity index (χ4n) is 3.50. The van der Waals surface area contributed by atoms with E-state index in [-0.39, 0.29) is 17.5 Å². The molecule has 0 spiro atoms. The number of aromatic nitrogens is 3. The maximum absolute atomic E-state index is 13.3. The van der Waals surface area contributed by atoms with Gasteiger partial charge in [0.15, 0.2) is 5.16 Å². The average Bonchev–Trinajstić information content (AvgIpc) is 3.38. The van der Waals surface area contributed by atoms with Gasteiger partial charge in [0.25, 0.3) is 0 Å². The summed E-state index contributed by atoms with van der Waals surface area (Å²) in [5.74, 6) is 0.497. The molecule has 1 aliphatic rings. The summed E-state index contributed by atoms with van der Waals surface area (Å²) < 4.78 is 15.4. The molecule has 0 saturated carbocycles. The summed E-state index contributed by atoms with van der Waals surface area (Å²) in [6, 6.07) is 16.0. The predicted molar refractivity (Wildman–Crippen MR) is 116 cm³/mol. The molecule has 0 radical (unpaired) electrons. The minimum Gasteiger partial charge on any atom is -0.325 e. The van der Waals surface area contributed by atoms with Crippen LogP contribution in [0.2, 0.25) is 0 Å². The van der Waals surface area contributed by atoms with Gasteiger partial charge in [-0.2, -0.15) is 0 Å². The number of carbonyl (C=O) groups is 1. The summed E-state index contributed by atoms with van der Waals surface area (Å²) in [7, 11) is 0. The zero-order chi connectivity index (χ0) is 20.8. The molecule has 0 bridgehead atoms. The van der Waals surface area contributed by atoms with Gasteiger partial charge in [0.2, 0.25) is 5.91 Å². The zero-order valence-corrected chi connectivity index (χ0v) is 17.4. The molecule has 1 amide bonds. The third kappa shape index (κ3) is 5.46. The first-order chi connectivity index (χ1) is 14.7. The van der Waals surface area contributed by atoms with Gasteiger partial charge >= 0.3 is 0 Å². The van der Waals surface area contributed by atoms with Crippen LogP contribution in [-0.4, -0.2) is 44.4 Å². The molecule has 0 atom stereocenters. The third-order valence-electron chi connectivity index (χ3n) is 4.98. The highest BCUT2D eigenvalue weighted by molar-refractivity contribution is 7.99. The largest absolute Gasteiger partial charge is 0.325 e. The van der Waals surface area contributed by atoms with E-state index in [1.165, 1.54) is 36.7 Å². The molecule has 4 rings (SSSR count). The SMILES string of the molecule is O=C(CSc1nnc(CN2CCCC2)n1Cc1ccccc1)Nc1cccc(F)c1. The van der Waals surface area contributed by atoms with E-state index in [1.807, 2.05) is 18.2 Å². The summed E-state index contributed by atoms with van der Waals surface area (Å²) in [6.07, 6.45) is 2.43. The number of thioether (sulfide) groups is 1. The lowest BCUT2D eigenvalue weighted by molar-refractivity contribution is -0.113. The number of benzene rings is 2. The van der Waals surface area contributed by atoms with Crippen LogP contribution in [-0.2, 0) is 17.9 Å². The molecule has 1 aliphatic heterocycles. The summed E-state index contributed by atoms with van der Waals surface area (Å²) in [5.41, 5.74) is 1.60. The van der Waals surface area contributed by atoms with Crippen LogP contribution in [0, 0.1) is 5.82 Å². The van der Waals surface area contributed by atoms with Crippen molar-refractivity contribution in [2.24, 2.45) is 0 Å². The summed E-state index contributed by atoms with van der Waals surface area (Å²) in [4.78, 5) is 14.7. The van der Waals surface area contributed by atoms with E-state index in [0.29, 0.717) is 17.4 Å². The van der Waals surface area contributed by atoms with Gasteiger partial charge in [-0.3, -0.25) is 9.69 Å². The zero-order valence-electron chi connectivity index (χ0n) is 16.6. The van der Waals surface area contributed by atoms with Crippen LogP contribution >= 0.6 is 11.8 Å². The predicted octanol–water partition coefficient (Wildman–Crippen LogP) is 3.79. The number of nitrogens with zero attached hydrogens (tertiary/aromatic N) is 4. The molecule has 2 heterocycles. The Morgan fingerprint density at radius 1 is 1.03 bits per heavy atom. The molecule has 156 valence electrons. The average molecular weight is 426 g/mol. The highest BCUT2D eigenvalue weighted by Gasteiger charge is 2.19. The fourth-order valence-corrected chi connectivity index (χ4v) is 4.26. The van der Waals surface area contributed by atoms with E-state index in [0.717, 1.165) is 31.0 Å². The smallest absolute Gasteiger partial charge is 0.234 e. The highest BCUT2D eigenvalue weighted by Crippen LogP contribution is 2.21. The summed E-state index contributed by atoms with van der Waals surface area (Å²) in [5, 5.41) is 12.2. The molecule has 30 heavy (non-hydrogen) atoms. The minimum absolute atomic E-state index is 0.174. The molecule has 1 fully saturated rings. The highest BCUT2D eigenvalue weighted by atomic mass is 32.2. The Morgan fingerprint density at radius 3 is 2.60 bits per heavy atom. The van der Waals surface area contributed by atoms with Crippen LogP contribution in [0.25, 0.3) is 0 Å². The van der Waals surface area contributed by atoms with Crippen LogP contribution in [0.3, 0.4) is 0 Å². The van der Waals surface area contributed by atoms with E-state index in [9.17, 15) is 9.18 Å². The molecule has 1 saturated heterocycles. The quantitative estimate of drug-likeness (QED) is 0.557. The van der Waals surface area contributed by atoms with Crippen molar-refractivity contribution in [3.63, 3.8) is 0 Å². The van der Waals surface area contributed by atoms with Gasteiger partial charge in [0.1, 0.15) is 11.6 Å². The molecule has 8 heteroatoms. The first-order valence-electron chi connectivity index (χ1n) is 10.0. The number of anilines is 1. The maximum atomic E-state index is 13.3. The van der Waals surface area contributed by atoms with Crippen molar-refractivity contribution < 1.29 is 9.18 Å². The first kappa shape index (κ1) is 20.6. The lowest BCUT2D eigenvalue weighted by Crippen LogP contribution is -2.22. The molecule has 0 unspecified atom stereocenters. The van der Waals surface area contributed by atoms with Crippen molar-refractivity contribution in [1.29, 1.82) is 0 Å². The Hall–Kier alpha value is -2.71. The Labute approximate surface area is 179 Å². The molecular formula is C22H24FN5OS. The first-order valence-corrected chi connectivity index (χ1v) is 11.0. The van der Waals surface area contributed by atoms with Gasteiger partial charge in [-0.1, -0.05) is 48.2 Å². The van der Waals surface area contributed by atoms with Gasteiger partial charge in [-0.05, 0) is 49.7 Å². The summed E-state index contributed by atoms with van der Waals surface area (Å²) >= 11 is 1.34. The number of nitrogens with one attached hydrogen (secondary N) is 1. The number of likely N-dealkylation sites (tertiary alicyclic amines) is 1. The fraction of sp³-hybridized carbons (Fsp3) is 0.318. The second-order valence-electron chi connectivity index (χ2n) is 7.30. The molecule has 3 aromatic rings. The van der Waals surface area contributed by atoms with Gasteiger partial charge in [-0.25, -0.2) is 4.39 Å². The summed E-state index contributed by atoms with van der Waals surface area (Å²) in [6.45, 7) is 3.58. The van der Waals surface area contributed by atoms with Crippen molar-refractivity contribution in [3.05, 3.63) is 71.8 Å². The lowest BCUT2D eigenvalue weighted by atomic mass is 10.2. The van der Waals surface area contributed by atoms with Crippen molar-refractivity contribution in [2.45, 2.75) is 31.1 Å². The monoisotopic (exact) mass is 425 g/mol. The van der Waals surface area contributed by atoms with Crippen LogP contribution in [0.4, 0.5) is 10.1 Å². The van der Waals surface area contributed by atoms with E-state index < -0.39 is 0 Å². The van der Waals surface area contributed by atoms with Crippen LogP contribution in [0.5, 0.6) is 0 Å². The van der Waals surface area contributed by atoms with Crippen molar-refractivity contribution in [1.82, 2.24) is 19.7 Å². The van der Waals surface area contributed by atoms with Crippen molar-refractivity contribution >= 4 is 23.4 Å². The van der Waals surface area contributed by atoms with Gasteiger partial charge < -0.3 is 9.88 Å². The molecular weight excluding hydrogens is 401 g/mol. The molecule has 0 aliphatic carbocycles. The number of amides is 1. The topological polar surface area (TPSA) is 63.1 Å². The minimum atomic E-state index is -0.380. The molecule has 2 aromatic carbocycles. The Bertz CT molecular complexity index is 988. The Kier molecular flexibility index (Phi) is 6.76. The Balaban J connectivity index is 1.45. The molecule has 1 N–H and O–H groups in total. The number of hydrogen-bond donors (Lipinski definition) is 1. The standard InChI is InChI=1S/C22H24FN5OS/c23-18-9-6-10-19(13-18)24-21(29)16-30-22-26-25-20(15-27-11-4-5-12-27)28(22)14-17-7-2-1-3-8-17/h1-3,6-10,13H,4-5,11-12,14-16H2,(H,24,29). The third-order valence-corrected chi connectivity index (χ3v) is 5.95. The van der Waals surface area contributed by atoms with Crippen molar-refractivity contribution in [3.8, 4) is 0 Å². The van der Waals surface area contributed by atoms with Crippen molar-refractivity contribution in [2.75, 3.05) is 24.2 Å². The number of halogens is 1. The van der Waals surface area contributed by atoms with E-state index >= 15 is 0 Å². The van der Waals surface area contributed by atoms with Gasteiger partial charge in [-0.15, -0.1) is 10.2 Å². The van der Waals surface area contributed by atoms with Gasteiger partial charge in [0, 0.05) is 5.69 Å². The second kappa shape index (κ2) is 9.86.